The van der Waals surface area contributed by atoms with Crippen LogP contribution >= 0.6 is 15.9 Å². The zero-order valence-electron chi connectivity index (χ0n) is 7.71. The number of rotatable bonds is 1. The third kappa shape index (κ3) is 1.88. The van der Waals surface area contributed by atoms with Gasteiger partial charge in [0.25, 0.3) is 0 Å². The van der Waals surface area contributed by atoms with Gasteiger partial charge in [-0.2, -0.15) is 0 Å². The maximum absolute atomic E-state index is 13.4. The number of halogens is 3. The normalized spacial score (nSPS) is 21.1. The number of carbonyl (C=O) groups is 1. The molecule has 1 saturated heterocycles. The van der Waals surface area contributed by atoms with Crippen molar-refractivity contribution in [2.45, 2.75) is 11.2 Å². The monoisotopic (exact) mass is 275 g/mol. The molecule has 1 aromatic carbocycles. The maximum atomic E-state index is 13.4. The van der Waals surface area contributed by atoms with Crippen molar-refractivity contribution in [2.24, 2.45) is 0 Å². The molecule has 1 heterocycles. The Labute approximate surface area is 94.0 Å². The van der Waals surface area contributed by atoms with Crippen molar-refractivity contribution < 1.29 is 13.6 Å². The van der Waals surface area contributed by atoms with Crippen molar-refractivity contribution in [3.05, 3.63) is 29.8 Å². The summed E-state index contributed by atoms with van der Waals surface area (Å²) in [5, 5.41) is 0. The van der Waals surface area contributed by atoms with Crippen LogP contribution in [0.1, 0.15) is 6.42 Å². The molecular formula is C10H8BrF2NO. The van der Waals surface area contributed by atoms with E-state index in [2.05, 4.69) is 15.9 Å². The predicted molar refractivity (Wildman–Crippen MR) is 56.0 cm³/mol. The first kappa shape index (κ1) is 10.5. The van der Waals surface area contributed by atoms with E-state index in [1.165, 1.54) is 17.0 Å². The van der Waals surface area contributed by atoms with Crippen molar-refractivity contribution in [3.63, 3.8) is 0 Å². The molecule has 1 fully saturated rings. The lowest BCUT2D eigenvalue weighted by Crippen LogP contribution is -2.25. The van der Waals surface area contributed by atoms with Gasteiger partial charge in [0.2, 0.25) is 5.91 Å². The molecule has 1 aromatic rings. The highest BCUT2D eigenvalue weighted by Gasteiger charge is 2.30. The van der Waals surface area contributed by atoms with Gasteiger partial charge in [-0.3, -0.25) is 4.79 Å². The number of hydrogen-bond acceptors (Lipinski definition) is 1. The van der Waals surface area contributed by atoms with E-state index in [1.54, 1.807) is 0 Å². The van der Waals surface area contributed by atoms with E-state index in [0.717, 1.165) is 6.07 Å². The molecule has 0 bridgehead atoms. The maximum Gasteiger partial charge on any atom is 0.228 e. The quantitative estimate of drug-likeness (QED) is 0.721. The molecule has 1 aliphatic heterocycles. The summed E-state index contributed by atoms with van der Waals surface area (Å²) in [5.74, 6) is -2.09. The van der Waals surface area contributed by atoms with Crippen molar-refractivity contribution in [2.75, 3.05) is 11.4 Å². The average Bonchev–Trinajstić information content (AvgIpc) is 2.50. The molecule has 0 aliphatic carbocycles. The van der Waals surface area contributed by atoms with Crippen LogP contribution < -0.4 is 4.90 Å². The van der Waals surface area contributed by atoms with Gasteiger partial charge < -0.3 is 4.90 Å². The summed E-state index contributed by atoms with van der Waals surface area (Å²) in [6.45, 7) is 0.374. The summed E-state index contributed by atoms with van der Waals surface area (Å²) in [6, 6.07) is 3.83. The highest BCUT2D eigenvalue weighted by atomic mass is 79.9. The molecule has 1 atom stereocenters. The van der Waals surface area contributed by atoms with Gasteiger partial charge in [-0.15, -0.1) is 0 Å². The summed E-state index contributed by atoms with van der Waals surface area (Å²) in [5.41, 5.74) is 0.0157. The van der Waals surface area contributed by atoms with Crippen LogP contribution in [0.3, 0.4) is 0 Å². The topological polar surface area (TPSA) is 20.3 Å². The number of hydrogen-bond donors (Lipinski definition) is 0. The summed E-state index contributed by atoms with van der Waals surface area (Å²) < 4.78 is 26.3. The van der Waals surface area contributed by atoms with Crippen LogP contribution in [0.15, 0.2) is 18.2 Å². The average molecular weight is 276 g/mol. The fourth-order valence-electron chi connectivity index (χ4n) is 1.60. The molecule has 0 spiro atoms. The van der Waals surface area contributed by atoms with Gasteiger partial charge in [-0.05, 0) is 12.1 Å². The lowest BCUT2D eigenvalue weighted by atomic mass is 10.2. The van der Waals surface area contributed by atoms with Crippen LogP contribution in [-0.4, -0.2) is 17.3 Å². The van der Waals surface area contributed by atoms with Gasteiger partial charge in [-0.25, -0.2) is 8.78 Å². The van der Waals surface area contributed by atoms with Crippen molar-refractivity contribution >= 4 is 27.5 Å². The molecule has 0 N–H and O–H groups in total. The van der Waals surface area contributed by atoms with Crippen LogP contribution in [0.25, 0.3) is 0 Å². The molecule has 15 heavy (non-hydrogen) atoms. The fraction of sp³-hybridized carbons (Fsp3) is 0.300. The summed E-state index contributed by atoms with van der Waals surface area (Å²) >= 11 is 3.28. The van der Waals surface area contributed by atoms with Gasteiger partial charge >= 0.3 is 0 Å². The summed E-state index contributed by atoms with van der Waals surface area (Å²) in [6.07, 6.45) is 0.315. The highest BCUT2D eigenvalue weighted by Crippen LogP contribution is 2.28. The van der Waals surface area contributed by atoms with E-state index in [0.29, 0.717) is 13.0 Å². The van der Waals surface area contributed by atoms with Gasteiger partial charge in [-0.1, -0.05) is 22.0 Å². The number of benzene rings is 1. The lowest BCUT2D eigenvalue weighted by Gasteiger charge is -2.16. The fourth-order valence-corrected chi connectivity index (χ4v) is 2.16. The molecule has 2 nitrogen and oxygen atoms in total. The standard InChI is InChI=1S/C10H8BrF2NO/c11-6-4-9(15)14(5-6)8-3-1-2-7(12)10(8)13/h1-3,6H,4-5H2. The Bertz CT molecular complexity index is 410. The minimum absolute atomic E-state index is 0.00710. The Morgan fingerprint density at radius 1 is 1.40 bits per heavy atom. The Kier molecular flexibility index (Phi) is 2.73. The Morgan fingerprint density at radius 3 is 2.73 bits per heavy atom. The summed E-state index contributed by atoms with van der Waals surface area (Å²) in [7, 11) is 0. The minimum Gasteiger partial charge on any atom is -0.308 e. The van der Waals surface area contributed by atoms with Crippen molar-refractivity contribution in [1.82, 2.24) is 0 Å². The minimum atomic E-state index is -0.965. The second-order valence-electron chi connectivity index (χ2n) is 3.38. The smallest absolute Gasteiger partial charge is 0.228 e. The molecule has 1 amide bonds. The zero-order valence-corrected chi connectivity index (χ0v) is 9.30. The predicted octanol–water partition coefficient (Wildman–Crippen LogP) is 2.47. The van der Waals surface area contributed by atoms with E-state index >= 15 is 0 Å². The van der Waals surface area contributed by atoms with Gasteiger partial charge in [0.05, 0.1) is 5.69 Å². The molecule has 1 aliphatic rings. The number of amides is 1. The Morgan fingerprint density at radius 2 is 2.13 bits per heavy atom. The molecule has 2 rings (SSSR count). The Hall–Kier alpha value is -0.970. The molecule has 5 heteroatoms. The van der Waals surface area contributed by atoms with Crippen molar-refractivity contribution in [3.8, 4) is 0 Å². The highest BCUT2D eigenvalue weighted by molar-refractivity contribution is 9.09. The molecular weight excluding hydrogens is 268 g/mol. The second-order valence-corrected chi connectivity index (χ2v) is 4.67. The number of alkyl halides is 1. The number of anilines is 1. The third-order valence-electron chi connectivity index (χ3n) is 2.30. The van der Waals surface area contributed by atoms with Crippen LogP contribution in [0, 0.1) is 11.6 Å². The van der Waals surface area contributed by atoms with Gasteiger partial charge in [0, 0.05) is 17.8 Å². The Balaban J connectivity index is 2.38. The SMILES string of the molecule is O=C1CC(Br)CN1c1cccc(F)c1F. The molecule has 0 radical (unpaired) electrons. The molecule has 80 valence electrons. The van der Waals surface area contributed by atoms with E-state index in [9.17, 15) is 13.6 Å². The number of nitrogens with zero attached hydrogens (tertiary/aromatic N) is 1. The van der Waals surface area contributed by atoms with E-state index in [1.807, 2.05) is 0 Å². The van der Waals surface area contributed by atoms with Crippen LogP contribution in [0.4, 0.5) is 14.5 Å². The van der Waals surface area contributed by atoms with Gasteiger partial charge in [0.15, 0.2) is 11.6 Å². The van der Waals surface area contributed by atoms with E-state index < -0.39 is 11.6 Å². The summed E-state index contributed by atoms with van der Waals surface area (Å²) in [4.78, 5) is 12.7. The van der Waals surface area contributed by atoms with Crippen LogP contribution in [-0.2, 0) is 4.79 Å². The lowest BCUT2D eigenvalue weighted by molar-refractivity contribution is -0.117. The van der Waals surface area contributed by atoms with Crippen molar-refractivity contribution in [1.29, 1.82) is 0 Å². The third-order valence-corrected chi connectivity index (χ3v) is 2.91. The van der Waals surface area contributed by atoms with E-state index in [-0.39, 0.29) is 16.4 Å². The zero-order chi connectivity index (χ0) is 11.0. The first-order valence-corrected chi connectivity index (χ1v) is 5.39. The first-order valence-electron chi connectivity index (χ1n) is 4.48. The second kappa shape index (κ2) is 3.89. The molecule has 0 aromatic heterocycles. The largest absolute Gasteiger partial charge is 0.308 e. The molecule has 1 unspecified atom stereocenters. The first-order chi connectivity index (χ1) is 7.09. The van der Waals surface area contributed by atoms with Crippen LogP contribution in [0.2, 0.25) is 0 Å². The van der Waals surface area contributed by atoms with Crippen LogP contribution in [0.5, 0.6) is 0 Å². The molecule has 0 saturated carbocycles. The van der Waals surface area contributed by atoms with Gasteiger partial charge in [0.1, 0.15) is 0 Å². The number of carbonyl (C=O) groups excluding carboxylic acids is 1. The van der Waals surface area contributed by atoms with E-state index in [4.69, 9.17) is 0 Å².